The van der Waals surface area contributed by atoms with Crippen molar-refractivity contribution < 1.29 is 4.79 Å². The maximum atomic E-state index is 12.8. The van der Waals surface area contributed by atoms with E-state index in [9.17, 15) is 4.79 Å². The van der Waals surface area contributed by atoms with Gasteiger partial charge in [0.2, 0.25) is 5.91 Å². The van der Waals surface area contributed by atoms with E-state index >= 15 is 0 Å². The Bertz CT molecular complexity index is 503. The highest BCUT2D eigenvalue weighted by Gasteiger charge is 2.54. The smallest absolute Gasteiger partial charge is 0.226 e. The number of carbonyl (C=O) groups excluding carboxylic acids is 1. The molecule has 0 atom stereocenters. The summed E-state index contributed by atoms with van der Waals surface area (Å²) in [5.41, 5.74) is -0.0107. The largest absolute Gasteiger partial charge is 0.351 e. The van der Waals surface area contributed by atoms with Crippen molar-refractivity contribution in [2.45, 2.75) is 45.1 Å². The van der Waals surface area contributed by atoms with Crippen molar-refractivity contribution in [2.24, 2.45) is 23.2 Å². The lowest BCUT2D eigenvalue weighted by molar-refractivity contribution is -0.146. The van der Waals surface area contributed by atoms with Gasteiger partial charge in [-0.05, 0) is 84.3 Å². The number of rotatable bonds is 3. The molecule has 1 amide bonds. The third-order valence-corrected chi connectivity index (χ3v) is 7.20. The van der Waals surface area contributed by atoms with Crippen LogP contribution in [0.15, 0.2) is 15.9 Å². The van der Waals surface area contributed by atoms with Gasteiger partial charge in [-0.2, -0.15) is 0 Å². The van der Waals surface area contributed by atoms with Crippen LogP contribution in [-0.4, -0.2) is 5.91 Å². The van der Waals surface area contributed by atoms with E-state index in [1.54, 1.807) is 11.3 Å². The predicted molar refractivity (Wildman–Crippen MR) is 84.5 cm³/mol. The number of carbonyl (C=O) groups is 1. The lowest BCUT2D eigenvalue weighted by atomic mass is 9.49. The molecule has 108 valence electrons. The summed E-state index contributed by atoms with van der Waals surface area (Å²) >= 11 is 5.19. The molecule has 4 fully saturated rings. The molecule has 0 aliphatic heterocycles. The Morgan fingerprint density at radius 3 is 2.30 bits per heavy atom. The SMILES string of the molecule is O=C(NCc1ccc(Br)s1)C12CC3CC(CC(C3)C1)C2. The molecule has 1 aromatic rings. The number of hydrogen-bond acceptors (Lipinski definition) is 2. The van der Waals surface area contributed by atoms with Gasteiger partial charge in [0, 0.05) is 10.3 Å². The molecule has 4 aliphatic rings. The number of halogens is 1. The molecule has 0 aromatic carbocycles. The molecule has 1 N–H and O–H groups in total. The van der Waals surface area contributed by atoms with Gasteiger partial charge in [-0.3, -0.25) is 4.79 Å². The van der Waals surface area contributed by atoms with Gasteiger partial charge in [0.05, 0.1) is 10.3 Å². The fourth-order valence-electron chi connectivity index (χ4n) is 5.19. The summed E-state index contributed by atoms with van der Waals surface area (Å²) in [5.74, 6) is 2.84. The first kappa shape index (κ1) is 13.3. The zero-order valence-electron chi connectivity index (χ0n) is 11.5. The van der Waals surface area contributed by atoms with E-state index in [1.165, 1.54) is 24.1 Å². The summed E-state index contributed by atoms with van der Waals surface area (Å²) in [7, 11) is 0. The zero-order valence-corrected chi connectivity index (χ0v) is 13.9. The maximum absolute atomic E-state index is 12.8. The van der Waals surface area contributed by atoms with Crippen LogP contribution in [0.5, 0.6) is 0 Å². The second-order valence-corrected chi connectivity index (χ2v) is 9.63. The van der Waals surface area contributed by atoms with Crippen LogP contribution in [0.25, 0.3) is 0 Å². The normalized spacial score (nSPS) is 38.1. The Balaban J connectivity index is 1.45. The summed E-state index contributed by atoms with van der Waals surface area (Å²) in [6, 6.07) is 4.14. The number of nitrogens with one attached hydrogen (secondary N) is 1. The first-order valence-electron chi connectivity index (χ1n) is 7.65. The second kappa shape index (κ2) is 4.84. The minimum atomic E-state index is -0.0107. The van der Waals surface area contributed by atoms with Gasteiger partial charge < -0.3 is 5.32 Å². The van der Waals surface area contributed by atoms with E-state index in [0.717, 1.165) is 40.8 Å². The molecule has 5 rings (SSSR count). The van der Waals surface area contributed by atoms with E-state index in [-0.39, 0.29) is 5.41 Å². The summed E-state index contributed by atoms with van der Waals surface area (Å²) in [6.07, 6.45) is 7.64. The summed E-state index contributed by atoms with van der Waals surface area (Å²) in [5, 5.41) is 3.22. The summed E-state index contributed by atoms with van der Waals surface area (Å²) in [4.78, 5) is 14.0. The van der Waals surface area contributed by atoms with Gasteiger partial charge in [-0.25, -0.2) is 0 Å². The molecule has 4 bridgehead atoms. The molecule has 0 radical (unpaired) electrons. The number of amides is 1. The van der Waals surface area contributed by atoms with Crippen LogP contribution in [0.1, 0.15) is 43.4 Å². The Morgan fingerprint density at radius 2 is 1.80 bits per heavy atom. The molecule has 0 saturated heterocycles. The van der Waals surface area contributed by atoms with Crippen LogP contribution in [-0.2, 0) is 11.3 Å². The van der Waals surface area contributed by atoms with Crippen LogP contribution < -0.4 is 5.32 Å². The van der Waals surface area contributed by atoms with E-state index in [0.29, 0.717) is 12.5 Å². The van der Waals surface area contributed by atoms with Crippen molar-refractivity contribution in [1.29, 1.82) is 0 Å². The molecule has 0 unspecified atom stereocenters. The van der Waals surface area contributed by atoms with Crippen molar-refractivity contribution in [2.75, 3.05) is 0 Å². The van der Waals surface area contributed by atoms with Gasteiger partial charge in [0.25, 0.3) is 0 Å². The van der Waals surface area contributed by atoms with Crippen LogP contribution >= 0.6 is 27.3 Å². The lowest BCUT2D eigenvalue weighted by Gasteiger charge is -2.55. The van der Waals surface area contributed by atoms with Gasteiger partial charge >= 0.3 is 0 Å². The number of thiophene rings is 1. The predicted octanol–water partition coefficient (Wildman–Crippen LogP) is 4.34. The van der Waals surface area contributed by atoms with Crippen LogP contribution in [0.3, 0.4) is 0 Å². The van der Waals surface area contributed by atoms with Gasteiger partial charge in [0.1, 0.15) is 0 Å². The maximum Gasteiger partial charge on any atom is 0.226 e. The molecular formula is C16H20BrNOS. The quantitative estimate of drug-likeness (QED) is 0.859. The Kier molecular flexibility index (Phi) is 3.22. The fraction of sp³-hybridized carbons (Fsp3) is 0.688. The topological polar surface area (TPSA) is 29.1 Å². The van der Waals surface area contributed by atoms with Crippen LogP contribution in [0.4, 0.5) is 0 Å². The van der Waals surface area contributed by atoms with Crippen LogP contribution in [0, 0.1) is 23.2 Å². The third-order valence-electron chi connectivity index (χ3n) is 5.57. The highest BCUT2D eigenvalue weighted by atomic mass is 79.9. The van der Waals surface area contributed by atoms with Crippen LogP contribution in [0.2, 0.25) is 0 Å². The fourth-order valence-corrected chi connectivity index (χ4v) is 6.61. The van der Waals surface area contributed by atoms with E-state index in [2.05, 4.69) is 33.4 Å². The molecule has 20 heavy (non-hydrogen) atoms. The zero-order chi connectivity index (χ0) is 13.7. The number of hydrogen-bond donors (Lipinski definition) is 1. The van der Waals surface area contributed by atoms with E-state index in [4.69, 9.17) is 0 Å². The summed E-state index contributed by atoms with van der Waals surface area (Å²) < 4.78 is 1.14. The highest BCUT2D eigenvalue weighted by molar-refractivity contribution is 9.11. The second-order valence-electron chi connectivity index (χ2n) is 7.09. The Morgan fingerprint density at radius 1 is 1.20 bits per heavy atom. The summed E-state index contributed by atoms with van der Waals surface area (Å²) in [6.45, 7) is 0.691. The minimum Gasteiger partial charge on any atom is -0.351 e. The first-order valence-corrected chi connectivity index (χ1v) is 9.26. The monoisotopic (exact) mass is 353 g/mol. The molecular weight excluding hydrogens is 334 g/mol. The van der Waals surface area contributed by atoms with Crippen molar-refractivity contribution in [3.05, 3.63) is 20.8 Å². The lowest BCUT2D eigenvalue weighted by Crippen LogP contribution is -2.53. The Labute approximate surface area is 132 Å². The van der Waals surface area contributed by atoms with Gasteiger partial charge in [-0.1, -0.05) is 0 Å². The standard InChI is InChI=1S/C16H20BrNOS/c17-14-2-1-13(20-14)9-18-15(19)16-6-10-3-11(7-16)5-12(4-10)8-16/h1-2,10-12H,3-9H2,(H,18,19). The first-order chi connectivity index (χ1) is 9.63. The van der Waals surface area contributed by atoms with E-state index < -0.39 is 0 Å². The molecule has 4 saturated carbocycles. The average Bonchev–Trinajstić information content (AvgIpc) is 2.80. The molecule has 4 aliphatic carbocycles. The van der Waals surface area contributed by atoms with Crippen molar-refractivity contribution in [3.63, 3.8) is 0 Å². The van der Waals surface area contributed by atoms with Gasteiger partial charge in [-0.15, -0.1) is 11.3 Å². The van der Waals surface area contributed by atoms with E-state index in [1.807, 2.05) is 0 Å². The minimum absolute atomic E-state index is 0.0107. The average molecular weight is 354 g/mol. The van der Waals surface area contributed by atoms with Crippen molar-refractivity contribution in [1.82, 2.24) is 5.32 Å². The molecule has 2 nitrogen and oxygen atoms in total. The molecule has 1 heterocycles. The third kappa shape index (κ3) is 2.25. The van der Waals surface area contributed by atoms with Gasteiger partial charge in [0.15, 0.2) is 0 Å². The molecule has 1 aromatic heterocycles. The highest BCUT2D eigenvalue weighted by Crippen LogP contribution is 2.60. The Hall–Kier alpha value is -0.350. The molecule has 0 spiro atoms. The van der Waals surface area contributed by atoms with Crippen molar-refractivity contribution >= 4 is 33.2 Å². The van der Waals surface area contributed by atoms with Crippen molar-refractivity contribution in [3.8, 4) is 0 Å². The molecule has 4 heteroatoms.